The summed E-state index contributed by atoms with van der Waals surface area (Å²) in [4.78, 5) is 8.60. The Morgan fingerprint density at radius 2 is 2.21 bits per heavy atom. The molecule has 2 heterocycles. The van der Waals surface area contributed by atoms with Gasteiger partial charge in [0.1, 0.15) is 22.9 Å². The number of hydrogen-bond acceptors (Lipinski definition) is 5. The first-order valence-electron chi connectivity index (χ1n) is 5.81. The normalized spacial score (nSPS) is 10.8. The molecule has 19 heavy (non-hydrogen) atoms. The zero-order valence-electron chi connectivity index (χ0n) is 10.4. The minimum absolute atomic E-state index is 0.755. The first kappa shape index (κ1) is 12.0. The van der Waals surface area contributed by atoms with E-state index in [1.54, 1.807) is 31.5 Å². The fourth-order valence-electron chi connectivity index (χ4n) is 1.79. The topological polar surface area (TPSA) is 48.2 Å². The van der Waals surface area contributed by atoms with Crippen LogP contribution in [0.1, 0.15) is 5.76 Å². The van der Waals surface area contributed by atoms with Gasteiger partial charge in [-0.15, -0.1) is 0 Å². The summed E-state index contributed by atoms with van der Waals surface area (Å²) in [6.07, 6.45) is 3.26. The van der Waals surface area contributed by atoms with Crippen LogP contribution < -0.4 is 4.74 Å². The molecule has 4 nitrogen and oxygen atoms in total. The number of rotatable bonds is 4. The molecule has 0 saturated heterocycles. The van der Waals surface area contributed by atoms with Crippen LogP contribution in [-0.2, 0) is 5.75 Å². The number of furan rings is 1. The average molecular weight is 272 g/mol. The highest BCUT2D eigenvalue weighted by Gasteiger charge is 2.06. The van der Waals surface area contributed by atoms with Gasteiger partial charge in [0.25, 0.3) is 0 Å². The van der Waals surface area contributed by atoms with E-state index in [0.717, 1.165) is 33.2 Å². The molecule has 0 spiro atoms. The molecule has 5 heteroatoms. The Morgan fingerprint density at radius 1 is 1.26 bits per heavy atom. The summed E-state index contributed by atoms with van der Waals surface area (Å²) in [7, 11) is 1.65. The van der Waals surface area contributed by atoms with Crippen LogP contribution >= 0.6 is 11.8 Å². The Kier molecular flexibility index (Phi) is 3.37. The van der Waals surface area contributed by atoms with Crippen molar-refractivity contribution in [1.29, 1.82) is 0 Å². The van der Waals surface area contributed by atoms with Gasteiger partial charge >= 0.3 is 0 Å². The van der Waals surface area contributed by atoms with Crippen molar-refractivity contribution < 1.29 is 9.15 Å². The van der Waals surface area contributed by atoms with E-state index < -0.39 is 0 Å². The molecule has 0 aliphatic heterocycles. The van der Waals surface area contributed by atoms with Crippen molar-refractivity contribution in [3.63, 3.8) is 0 Å². The number of aromatic nitrogens is 2. The highest BCUT2D eigenvalue weighted by molar-refractivity contribution is 7.98. The molecule has 0 radical (unpaired) electrons. The number of nitrogens with zero attached hydrogens (tertiary/aromatic N) is 2. The van der Waals surface area contributed by atoms with Gasteiger partial charge in [0.05, 0.1) is 24.6 Å². The molecule has 0 aliphatic carbocycles. The minimum atomic E-state index is 0.755. The lowest BCUT2D eigenvalue weighted by molar-refractivity contribution is 0.415. The largest absolute Gasteiger partial charge is 0.497 e. The van der Waals surface area contributed by atoms with Crippen LogP contribution in [0.4, 0.5) is 0 Å². The summed E-state index contributed by atoms with van der Waals surface area (Å²) in [5.74, 6) is 2.49. The first-order chi connectivity index (χ1) is 9.36. The van der Waals surface area contributed by atoms with Gasteiger partial charge in [-0.1, -0.05) is 11.8 Å². The van der Waals surface area contributed by atoms with Crippen LogP contribution in [0.2, 0.25) is 0 Å². The molecule has 0 fully saturated rings. The average Bonchev–Trinajstić information content (AvgIpc) is 2.97. The maximum Gasteiger partial charge on any atom is 0.121 e. The molecule has 3 rings (SSSR count). The standard InChI is InChI=1S/C14H12N2O2S/c1-17-10-4-5-12-13(7-10)15-9-16-14(12)19-8-11-3-2-6-18-11/h2-7,9H,8H2,1H3. The van der Waals surface area contributed by atoms with Gasteiger partial charge in [0.2, 0.25) is 0 Å². The fraction of sp³-hybridized carbons (Fsp3) is 0.143. The number of fused-ring (bicyclic) bond motifs is 1. The van der Waals surface area contributed by atoms with Crippen molar-refractivity contribution in [3.8, 4) is 5.75 Å². The molecule has 0 atom stereocenters. The van der Waals surface area contributed by atoms with Crippen LogP contribution in [0, 0.1) is 0 Å². The van der Waals surface area contributed by atoms with Gasteiger partial charge < -0.3 is 9.15 Å². The van der Waals surface area contributed by atoms with Crippen LogP contribution in [0.5, 0.6) is 5.75 Å². The van der Waals surface area contributed by atoms with Crippen molar-refractivity contribution >= 4 is 22.7 Å². The van der Waals surface area contributed by atoms with E-state index in [9.17, 15) is 0 Å². The maximum atomic E-state index is 5.32. The van der Waals surface area contributed by atoms with Gasteiger partial charge in [-0.2, -0.15) is 0 Å². The Hall–Kier alpha value is -2.01. The summed E-state index contributed by atoms with van der Waals surface area (Å²) in [6.45, 7) is 0. The number of benzene rings is 1. The van der Waals surface area contributed by atoms with E-state index in [1.807, 2.05) is 30.3 Å². The van der Waals surface area contributed by atoms with Gasteiger partial charge in [0.15, 0.2) is 0 Å². The summed E-state index contributed by atoms with van der Waals surface area (Å²) < 4.78 is 10.5. The SMILES string of the molecule is COc1ccc2c(SCc3ccco3)ncnc2c1. The second-order valence-electron chi connectivity index (χ2n) is 3.93. The quantitative estimate of drug-likeness (QED) is 0.537. The zero-order chi connectivity index (χ0) is 13.1. The maximum absolute atomic E-state index is 5.32. The van der Waals surface area contributed by atoms with Gasteiger partial charge in [0, 0.05) is 11.5 Å². The lowest BCUT2D eigenvalue weighted by Crippen LogP contribution is -1.89. The molecule has 1 aromatic carbocycles. The highest BCUT2D eigenvalue weighted by Crippen LogP contribution is 2.29. The van der Waals surface area contributed by atoms with Crippen molar-refractivity contribution in [2.45, 2.75) is 10.8 Å². The number of thioether (sulfide) groups is 1. The smallest absolute Gasteiger partial charge is 0.121 e. The summed E-state index contributed by atoms with van der Waals surface area (Å²) in [6, 6.07) is 9.66. The minimum Gasteiger partial charge on any atom is -0.497 e. The summed E-state index contributed by atoms with van der Waals surface area (Å²) in [5, 5.41) is 1.98. The zero-order valence-corrected chi connectivity index (χ0v) is 11.2. The fourth-order valence-corrected chi connectivity index (χ4v) is 2.68. The highest BCUT2D eigenvalue weighted by atomic mass is 32.2. The lowest BCUT2D eigenvalue weighted by atomic mass is 10.2. The van der Waals surface area contributed by atoms with E-state index in [2.05, 4.69) is 9.97 Å². The van der Waals surface area contributed by atoms with Crippen molar-refractivity contribution in [1.82, 2.24) is 9.97 Å². The molecular formula is C14H12N2O2S. The van der Waals surface area contributed by atoms with E-state index in [1.165, 1.54) is 0 Å². The second-order valence-corrected chi connectivity index (χ2v) is 4.89. The van der Waals surface area contributed by atoms with Gasteiger partial charge in [-0.05, 0) is 24.3 Å². The molecule has 0 amide bonds. The third kappa shape index (κ3) is 2.56. The van der Waals surface area contributed by atoms with E-state index in [0.29, 0.717) is 0 Å². The molecule has 0 bridgehead atoms. The van der Waals surface area contributed by atoms with Crippen molar-refractivity contribution in [2.24, 2.45) is 0 Å². The molecule has 0 N–H and O–H groups in total. The Bertz CT molecular complexity index is 683. The van der Waals surface area contributed by atoms with Crippen LogP contribution in [0.3, 0.4) is 0 Å². The Morgan fingerprint density at radius 3 is 3.00 bits per heavy atom. The first-order valence-corrected chi connectivity index (χ1v) is 6.79. The third-order valence-electron chi connectivity index (χ3n) is 2.74. The van der Waals surface area contributed by atoms with Crippen molar-refractivity contribution in [3.05, 3.63) is 48.7 Å². The predicted octanol–water partition coefficient (Wildman–Crippen LogP) is 3.52. The molecule has 0 aliphatic rings. The molecule has 96 valence electrons. The Labute approximate surface area is 114 Å². The number of hydrogen-bond donors (Lipinski definition) is 0. The summed E-state index contributed by atoms with van der Waals surface area (Å²) in [5.41, 5.74) is 0.885. The van der Waals surface area contributed by atoms with Crippen molar-refractivity contribution in [2.75, 3.05) is 7.11 Å². The Balaban J connectivity index is 1.90. The molecule has 2 aromatic heterocycles. The molecule has 0 saturated carbocycles. The predicted molar refractivity (Wildman–Crippen MR) is 74.4 cm³/mol. The van der Waals surface area contributed by atoms with E-state index >= 15 is 0 Å². The lowest BCUT2D eigenvalue weighted by Gasteiger charge is -2.05. The molecule has 0 unspecified atom stereocenters. The van der Waals surface area contributed by atoms with E-state index in [4.69, 9.17) is 9.15 Å². The molecule has 3 aromatic rings. The van der Waals surface area contributed by atoms with Crippen LogP contribution in [0.15, 0.2) is 52.4 Å². The number of ether oxygens (including phenoxy) is 1. The van der Waals surface area contributed by atoms with Crippen LogP contribution in [-0.4, -0.2) is 17.1 Å². The number of methoxy groups -OCH3 is 1. The summed E-state index contributed by atoms with van der Waals surface area (Å²) >= 11 is 1.64. The molecular weight excluding hydrogens is 260 g/mol. The van der Waals surface area contributed by atoms with Gasteiger partial charge in [-0.25, -0.2) is 9.97 Å². The monoisotopic (exact) mass is 272 g/mol. The van der Waals surface area contributed by atoms with Crippen LogP contribution in [0.25, 0.3) is 10.9 Å². The third-order valence-corrected chi connectivity index (χ3v) is 3.77. The second kappa shape index (κ2) is 5.32. The van der Waals surface area contributed by atoms with E-state index in [-0.39, 0.29) is 0 Å². The van der Waals surface area contributed by atoms with Gasteiger partial charge in [-0.3, -0.25) is 0 Å².